The molecule has 1 heterocycles. The first-order valence-electron chi connectivity index (χ1n) is 14.7. The van der Waals surface area contributed by atoms with E-state index in [2.05, 4.69) is 30.9 Å². The van der Waals surface area contributed by atoms with Gasteiger partial charge in [0.15, 0.2) is 0 Å². The summed E-state index contributed by atoms with van der Waals surface area (Å²) in [5.74, 6) is 1.76. The van der Waals surface area contributed by atoms with Crippen LogP contribution in [0, 0.1) is 17.8 Å². The molecule has 1 aliphatic heterocycles. The van der Waals surface area contributed by atoms with Gasteiger partial charge in [-0.2, -0.15) is 0 Å². The quantitative estimate of drug-likeness (QED) is 0.334. The fraction of sp³-hybridized carbons (Fsp3) is 0.545. The van der Waals surface area contributed by atoms with Gasteiger partial charge in [-0.3, -0.25) is 4.79 Å². The van der Waals surface area contributed by atoms with E-state index in [9.17, 15) is 15.0 Å². The van der Waals surface area contributed by atoms with Crippen LogP contribution in [-0.2, 0) is 17.8 Å². The van der Waals surface area contributed by atoms with Gasteiger partial charge in [-0.1, -0.05) is 56.2 Å². The van der Waals surface area contributed by atoms with Crippen LogP contribution in [0.1, 0.15) is 62.6 Å². The minimum Gasteiger partial charge on any atom is -0.491 e. The zero-order chi connectivity index (χ0) is 28.8. The molecular weight excluding hydrogens is 524 g/mol. The van der Waals surface area contributed by atoms with Crippen molar-refractivity contribution in [1.29, 1.82) is 0 Å². The standard InChI is InChI=1S/C33H45ClN2O4/c1-5-6-25-16-28(34)10-12-29(25)27-19-36(31-15-24(20-37)8-14-33(31)40-21-27)18-26-9-11-30(26)32(39)13-7-22(2)17-35(4)23(3)38/h7-8,10,12-16,22,26-27,30,32,37,39H,5-6,9,11,17-21H2,1-4H3/b13-7+. The average molecular weight is 569 g/mol. The Morgan fingerprint density at radius 2 is 2.02 bits per heavy atom. The number of aliphatic hydroxyl groups is 2. The highest BCUT2D eigenvalue weighted by atomic mass is 35.5. The number of amides is 1. The molecule has 1 amide bonds. The Kier molecular flexibility index (Phi) is 10.6. The summed E-state index contributed by atoms with van der Waals surface area (Å²) < 4.78 is 6.38. The maximum Gasteiger partial charge on any atom is 0.219 e. The van der Waals surface area contributed by atoms with Crippen molar-refractivity contribution in [2.24, 2.45) is 17.8 Å². The molecule has 1 fully saturated rings. The Morgan fingerprint density at radius 3 is 2.70 bits per heavy atom. The minimum absolute atomic E-state index is 0.0189. The molecule has 5 unspecified atom stereocenters. The third-order valence-electron chi connectivity index (χ3n) is 8.60. The van der Waals surface area contributed by atoms with Crippen LogP contribution in [0.25, 0.3) is 0 Å². The van der Waals surface area contributed by atoms with E-state index in [1.165, 1.54) is 11.1 Å². The van der Waals surface area contributed by atoms with Crippen LogP contribution < -0.4 is 9.64 Å². The van der Waals surface area contributed by atoms with E-state index in [1.54, 1.807) is 18.9 Å². The Bertz CT molecular complexity index is 1190. The summed E-state index contributed by atoms with van der Waals surface area (Å²) in [5.41, 5.74) is 4.43. The second-order valence-corrected chi connectivity index (χ2v) is 12.2. The summed E-state index contributed by atoms with van der Waals surface area (Å²) >= 11 is 6.37. The molecule has 0 radical (unpaired) electrons. The minimum atomic E-state index is -0.515. The molecule has 7 heteroatoms. The van der Waals surface area contributed by atoms with Crippen molar-refractivity contribution < 1.29 is 19.7 Å². The lowest BCUT2D eigenvalue weighted by molar-refractivity contribution is -0.127. The number of rotatable bonds is 11. The van der Waals surface area contributed by atoms with Gasteiger partial charge in [-0.15, -0.1) is 0 Å². The van der Waals surface area contributed by atoms with E-state index in [-0.39, 0.29) is 30.3 Å². The molecule has 1 saturated carbocycles. The van der Waals surface area contributed by atoms with Crippen molar-refractivity contribution >= 4 is 23.2 Å². The number of ether oxygens (including phenoxy) is 1. The van der Waals surface area contributed by atoms with Crippen LogP contribution >= 0.6 is 11.6 Å². The third-order valence-corrected chi connectivity index (χ3v) is 8.83. The number of hydrogen-bond acceptors (Lipinski definition) is 5. The number of hydrogen-bond donors (Lipinski definition) is 2. The van der Waals surface area contributed by atoms with Crippen LogP contribution in [0.4, 0.5) is 5.69 Å². The van der Waals surface area contributed by atoms with Crippen molar-refractivity contribution in [2.45, 2.75) is 65.1 Å². The van der Waals surface area contributed by atoms with Crippen molar-refractivity contribution in [3.63, 3.8) is 0 Å². The second-order valence-electron chi connectivity index (χ2n) is 11.7. The summed E-state index contributed by atoms with van der Waals surface area (Å²) in [6, 6.07) is 12.2. The largest absolute Gasteiger partial charge is 0.491 e. The molecule has 2 aromatic carbocycles. The predicted molar refractivity (Wildman–Crippen MR) is 162 cm³/mol. The SMILES string of the molecule is CCCc1cc(Cl)ccc1C1COc2ccc(CO)cc2N(CC2CCC2C(O)/C=C/C(C)CN(C)C(C)=O)C1. The van der Waals surface area contributed by atoms with E-state index < -0.39 is 6.10 Å². The van der Waals surface area contributed by atoms with Gasteiger partial charge < -0.3 is 24.7 Å². The molecule has 2 N–H and O–H groups in total. The zero-order valence-electron chi connectivity index (χ0n) is 24.4. The highest BCUT2D eigenvalue weighted by molar-refractivity contribution is 6.30. The highest BCUT2D eigenvalue weighted by Crippen LogP contribution is 2.42. The van der Waals surface area contributed by atoms with E-state index >= 15 is 0 Å². The maximum atomic E-state index is 11.6. The van der Waals surface area contributed by atoms with Crippen molar-refractivity contribution in [2.75, 3.05) is 38.2 Å². The van der Waals surface area contributed by atoms with Crippen LogP contribution in [0.2, 0.25) is 5.02 Å². The molecule has 40 heavy (non-hydrogen) atoms. The van der Waals surface area contributed by atoms with Crippen molar-refractivity contribution in [1.82, 2.24) is 4.90 Å². The Morgan fingerprint density at radius 1 is 1.23 bits per heavy atom. The lowest BCUT2D eigenvalue weighted by Crippen LogP contribution is -2.44. The highest BCUT2D eigenvalue weighted by Gasteiger charge is 2.38. The number of carbonyl (C=O) groups excluding carboxylic acids is 1. The summed E-state index contributed by atoms with van der Waals surface area (Å²) in [6.45, 7) is 8.63. The van der Waals surface area contributed by atoms with Crippen LogP contribution in [0.5, 0.6) is 5.75 Å². The normalized spacial score (nSPS) is 22.2. The number of benzene rings is 2. The summed E-state index contributed by atoms with van der Waals surface area (Å²) in [4.78, 5) is 15.7. The van der Waals surface area contributed by atoms with E-state index in [0.717, 1.165) is 60.8 Å². The number of anilines is 1. The van der Waals surface area contributed by atoms with Gasteiger partial charge in [0.05, 0.1) is 25.0 Å². The summed E-state index contributed by atoms with van der Waals surface area (Å²) in [7, 11) is 1.80. The molecule has 0 aromatic heterocycles. The molecule has 218 valence electrons. The first kappa shape index (κ1) is 30.4. The van der Waals surface area contributed by atoms with Gasteiger partial charge >= 0.3 is 0 Å². The predicted octanol–water partition coefficient (Wildman–Crippen LogP) is 5.83. The number of aliphatic hydroxyl groups excluding tert-OH is 2. The molecule has 0 spiro atoms. The van der Waals surface area contributed by atoms with Crippen LogP contribution in [0.15, 0.2) is 48.6 Å². The first-order chi connectivity index (χ1) is 19.2. The molecule has 6 nitrogen and oxygen atoms in total. The van der Waals surface area contributed by atoms with Gasteiger partial charge in [0.25, 0.3) is 0 Å². The fourth-order valence-electron chi connectivity index (χ4n) is 6.08. The van der Waals surface area contributed by atoms with E-state index in [4.69, 9.17) is 16.3 Å². The molecule has 5 atom stereocenters. The number of fused-ring (bicyclic) bond motifs is 1. The summed E-state index contributed by atoms with van der Waals surface area (Å²) in [6.07, 6.45) is 7.52. The first-order valence-corrected chi connectivity index (χ1v) is 15.1. The lowest BCUT2D eigenvalue weighted by atomic mass is 9.70. The van der Waals surface area contributed by atoms with Gasteiger partial charge in [-0.05, 0) is 78.0 Å². The Hall–Kier alpha value is -2.54. The van der Waals surface area contributed by atoms with Crippen molar-refractivity contribution in [3.05, 3.63) is 70.3 Å². The number of aryl methyl sites for hydroxylation is 1. The lowest BCUT2D eigenvalue weighted by Gasteiger charge is -2.42. The molecule has 0 bridgehead atoms. The monoisotopic (exact) mass is 568 g/mol. The fourth-order valence-corrected chi connectivity index (χ4v) is 6.27. The molecule has 2 aliphatic rings. The smallest absolute Gasteiger partial charge is 0.219 e. The topological polar surface area (TPSA) is 73.2 Å². The van der Waals surface area contributed by atoms with Crippen LogP contribution in [0.3, 0.4) is 0 Å². The molecule has 1 aliphatic carbocycles. The number of nitrogens with zero attached hydrogens (tertiary/aromatic N) is 2. The van der Waals surface area contributed by atoms with Gasteiger partial charge in [0, 0.05) is 44.5 Å². The number of carbonyl (C=O) groups is 1. The molecular formula is C33H45ClN2O4. The molecule has 4 rings (SSSR count). The average Bonchev–Trinajstić information content (AvgIpc) is 3.09. The maximum absolute atomic E-state index is 11.6. The molecule has 2 aromatic rings. The van der Waals surface area contributed by atoms with E-state index in [1.807, 2.05) is 36.4 Å². The Balaban J connectivity index is 1.53. The van der Waals surface area contributed by atoms with E-state index in [0.29, 0.717) is 19.1 Å². The second kappa shape index (κ2) is 13.9. The van der Waals surface area contributed by atoms with Crippen molar-refractivity contribution in [3.8, 4) is 5.75 Å². The van der Waals surface area contributed by atoms with Gasteiger partial charge in [0.2, 0.25) is 5.91 Å². The van der Waals surface area contributed by atoms with Crippen LogP contribution in [-0.4, -0.2) is 60.4 Å². The molecule has 0 saturated heterocycles. The van der Waals surface area contributed by atoms with Gasteiger partial charge in [-0.25, -0.2) is 0 Å². The van der Waals surface area contributed by atoms with Gasteiger partial charge in [0.1, 0.15) is 5.75 Å². The zero-order valence-corrected chi connectivity index (χ0v) is 25.1. The Labute approximate surface area is 244 Å². The number of halogens is 1. The summed E-state index contributed by atoms with van der Waals surface area (Å²) in [5, 5.41) is 21.7. The third kappa shape index (κ3) is 7.39.